The highest BCUT2D eigenvalue weighted by atomic mass is 35.5. The molecule has 1 aromatic carbocycles. The molecule has 0 N–H and O–H groups in total. The molecular weight excluding hydrogens is 378 g/mol. The molecule has 1 atom stereocenters. The molecule has 156 valence electrons. The summed E-state index contributed by atoms with van der Waals surface area (Å²) in [5.74, 6) is 0.0146. The first-order valence-corrected chi connectivity index (χ1v) is 10.0. The number of halogens is 1. The Labute approximate surface area is 173 Å². The molecule has 0 spiro atoms. The number of hydrogen-bond acceptors (Lipinski definition) is 4. The SMILES string of the molecule is CC(=O)N(C)[C@H](C)c1cc(C)c(Cl)cc1N1CCN(C(=O)OC(C)(C)C)CC1. The number of aryl methyl sites for hydroxylation is 1. The van der Waals surface area contributed by atoms with Gasteiger partial charge in [-0.1, -0.05) is 17.7 Å². The van der Waals surface area contributed by atoms with E-state index in [9.17, 15) is 9.59 Å². The van der Waals surface area contributed by atoms with Gasteiger partial charge in [0.1, 0.15) is 5.60 Å². The van der Waals surface area contributed by atoms with Crippen LogP contribution in [0.25, 0.3) is 0 Å². The van der Waals surface area contributed by atoms with Crippen LogP contribution in [0.5, 0.6) is 0 Å². The van der Waals surface area contributed by atoms with E-state index in [0.717, 1.165) is 16.8 Å². The van der Waals surface area contributed by atoms with Crippen molar-refractivity contribution < 1.29 is 14.3 Å². The van der Waals surface area contributed by atoms with Crippen LogP contribution in [0, 0.1) is 6.92 Å². The van der Waals surface area contributed by atoms with Crippen molar-refractivity contribution in [3.05, 3.63) is 28.3 Å². The minimum Gasteiger partial charge on any atom is -0.444 e. The topological polar surface area (TPSA) is 53.1 Å². The third-order valence-electron chi connectivity index (χ3n) is 5.11. The summed E-state index contributed by atoms with van der Waals surface area (Å²) in [5, 5.41) is 0.700. The number of amides is 2. The van der Waals surface area contributed by atoms with Crippen LogP contribution in [-0.2, 0) is 9.53 Å². The van der Waals surface area contributed by atoms with Crippen LogP contribution in [0.1, 0.15) is 51.8 Å². The lowest BCUT2D eigenvalue weighted by Gasteiger charge is -2.39. The molecule has 6 nitrogen and oxygen atoms in total. The second kappa shape index (κ2) is 8.60. The van der Waals surface area contributed by atoms with Crippen molar-refractivity contribution in [2.75, 3.05) is 38.1 Å². The molecule has 0 aromatic heterocycles. The fourth-order valence-electron chi connectivity index (χ4n) is 3.24. The minimum absolute atomic E-state index is 0.0146. The predicted octanol–water partition coefficient (Wildman–Crippen LogP) is 4.24. The van der Waals surface area contributed by atoms with E-state index in [4.69, 9.17) is 16.3 Å². The zero-order valence-corrected chi connectivity index (χ0v) is 18.8. The summed E-state index contributed by atoms with van der Waals surface area (Å²) < 4.78 is 5.48. The van der Waals surface area contributed by atoms with Crippen molar-refractivity contribution in [2.45, 2.75) is 53.2 Å². The molecule has 1 aliphatic heterocycles. The van der Waals surface area contributed by atoms with Gasteiger partial charge in [0.25, 0.3) is 0 Å². The van der Waals surface area contributed by atoms with Gasteiger partial charge in [-0.05, 0) is 51.8 Å². The van der Waals surface area contributed by atoms with E-state index in [0.29, 0.717) is 31.2 Å². The van der Waals surface area contributed by atoms with E-state index < -0.39 is 5.60 Å². The highest BCUT2D eigenvalue weighted by molar-refractivity contribution is 6.31. The number of hydrogen-bond donors (Lipinski definition) is 0. The number of benzene rings is 1. The highest BCUT2D eigenvalue weighted by Crippen LogP contribution is 2.35. The summed E-state index contributed by atoms with van der Waals surface area (Å²) in [5.41, 5.74) is 2.56. The second-order valence-electron chi connectivity index (χ2n) is 8.42. The van der Waals surface area contributed by atoms with Gasteiger partial charge in [-0.15, -0.1) is 0 Å². The third-order valence-corrected chi connectivity index (χ3v) is 5.51. The summed E-state index contributed by atoms with van der Waals surface area (Å²) in [6.45, 7) is 13.7. The molecule has 0 saturated carbocycles. The molecule has 1 fully saturated rings. The number of ether oxygens (including phenoxy) is 1. The zero-order valence-electron chi connectivity index (χ0n) is 18.0. The molecule has 28 heavy (non-hydrogen) atoms. The Morgan fingerprint density at radius 3 is 2.25 bits per heavy atom. The van der Waals surface area contributed by atoms with Crippen LogP contribution in [0.15, 0.2) is 12.1 Å². The number of piperazine rings is 1. The first kappa shape index (κ1) is 22.3. The zero-order chi connectivity index (χ0) is 21.2. The Balaban J connectivity index is 2.21. The normalized spacial score (nSPS) is 16.0. The van der Waals surface area contributed by atoms with Gasteiger partial charge in [-0.2, -0.15) is 0 Å². The minimum atomic E-state index is -0.501. The molecular formula is C21H32ClN3O3. The maximum Gasteiger partial charge on any atom is 0.410 e. The van der Waals surface area contributed by atoms with Gasteiger partial charge in [0.15, 0.2) is 0 Å². The molecule has 0 unspecified atom stereocenters. The van der Waals surface area contributed by atoms with E-state index >= 15 is 0 Å². The number of anilines is 1. The van der Waals surface area contributed by atoms with Gasteiger partial charge in [0, 0.05) is 50.9 Å². The lowest BCUT2D eigenvalue weighted by molar-refractivity contribution is -0.129. The van der Waals surface area contributed by atoms with E-state index in [1.54, 1.807) is 23.8 Å². The van der Waals surface area contributed by atoms with Crippen LogP contribution in [0.2, 0.25) is 5.02 Å². The molecule has 0 aliphatic carbocycles. The summed E-state index contributed by atoms with van der Waals surface area (Å²) in [6, 6.07) is 3.95. The van der Waals surface area contributed by atoms with E-state index in [1.807, 2.05) is 40.7 Å². The van der Waals surface area contributed by atoms with Crippen molar-refractivity contribution >= 4 is 29.3 Å². The molecule has 0 bridgehead atoms. The average molecular weight is 410 g/mol. The van der Waals surface area contributed by atoms with Crippen LogP contribution in [0.3, 0.4) is 0 Å². The van der Waals surface area contributed by atoms with Crippen molar-refractivity contribution in [1.29, 1.82) is 0 Å². The average Bonchev–Trinajstić information content (AvgIpc) is 2.61. The van der Waals surface area contributed by atoms with Crippen molar-refractivity contribution in [3.63, 3.8) is 0 Å². The quantitative estimate of drug-likeness (QED) is 0.749. The molecule has 2 rings (SSSR count). The molecule has 0 radical (unpaired) electrons. The fraction of sp³-hybridized carbons (Fsp3) is 0.619. The van der Waals surface area contributed by atoms with Gasteiger partial charge < -0.3 is 19.4 Å². The van der Waals surface area contributed by atoms with Crippen LogP contribution >= 0.6 is 11.6 Å². The van der Waals surface area contributed by atoms with Gasteiger partial charge in [-0.25, -0.2) is 4.79 Å². The third kappa shape index (κ3) is 5.31. The largest absolute Gasteiger partial charge is 0.444 e. The number of carbonyl (C=O) groups is 2. The maximum atomic E-state index is 12.3. The fourth-order valence-corrected chi connectivity index (χ4v) is 3.40. The number of rotatable bonds is 3. The Morgan fingerprint density at radius 2 is 1.75 bits per heavy atom. The number of nitrogens with zero attached hydrogens (tertiary/aromatic N) is 3. The Hall–Kier alpha value is -1.95. The Bertz CT molecular complexity index is 737. The van der Waals surface area contributed by atoms with Crippen molar-refractivity contribution in [3.8, 4) is 0 Å². The van der Waals surface area contributed by atoms with Gasteiger partial charge >= 0.3 is 6.09 Å². The highest BCUT2D eigenvalue weighted by Gasteiger charge is 2.28. The second-order valence-corrected chi connectivity index (χ2v) is 8.83. The van der Waals surface area contributed by atoms with Gasteiger partial charge in [-0.3, -0.25) is 4.79 Å². The molecule has 1 aliphatic rings. The Morgan fingerprint density at radius 1 is 1.18 bits per heavy atom. The molecule has 1 saturated heterocycles. The van der Waals surface area contributed by atoms with Crippen LogP contribution < -0.4 is 4.90 Å². The molecule has 2 amide bonds. The molecule has 1 aromatic rings. The number of carbonyl (C=O) groups excluding carboxylic acids is 2. The summed E-state index contributed by atoms with van der Waals surface area (Å²) in [4.78, 5) is 29.9. The van der Waals surface area contributed by atoms with Crippen molar-refractivity contribution in [2.24, 2.45) is 0 Å². The van der Waals surface area contributed by atoms with E-state index in [1.165, 1.54) is 0 Å². The molecule has 7 heteroatoms. The molecule has 1 heterocycles. The van der Waals surface area contributed by atoms with E-state index in [2.05, 4.69) is 11.0 Å². The summed E-state index contributed by atoms with van der Waals surface area (Å²) in [7, 11) is 1.81. The van der Waals surface area contributed by atoms with Gasteiger partial charge in [0.2, 0.25) is 5.91 Å². The van der Waals surface area contributed by atoms with Gasteiger partial charge in [0.05, 0.1) is 6.04 Å². The summed E-state index contributed by atoms with van der Waals surface area (Å²) in [6.07, 6.45) is -0.279. The van der Waals surface area contributed by atoms with Crippen LogP contribution in [0.4, 0.5) is 10.5 Å². The first-order valence-electron chi connectivity index (χ1n) is 9.67. The first-order chi connectivity index (χ1) is 12.9. The van der Waals surface area contributed by atoms with Crippen molar-refractivity contribution in [1.82, 2.24) is 9.80 Å². The van der Waals surface area contributed by atoms with E-state index in [-0.39, 0.29) is 18.0 Å². The Kier molecular flexibility index (Phi) is 6.86. The maximum absolute atomic E-state index is 12.3. The lowest BCUT2D eigenvalue weighted by Crippen LogP contribution is -2.50. The lowest BCUT2D eigenvalue weighted by atomic mass is 10.0. The smallest absolute Gasteiger partial charge is 0.410 e. The predicted molar refractivity (Wildman–Crippen MR) is 113 cm³/mol. The monoisotopic (exact) mass is 409 g/mol. The van der Waals surface area contributed by atoms with Crippen LogP contribution in [-0.4, -0.2) is 60.6 Å². The summed E-state index contributed by atoms with van der Waals surface area (Å²) >= 11 is 6.41. The standard InChI is InChI=1S/C21H32ClN3O3/c1-14-12-17(15(2)23(7)16(3)26)19(13-18(14)22)24-8-10-25(11-9-24)20(27)28-21(4,5)6/h12-13,15H,8-11H2,1-7H3/t15-/m1/s1.